The summed E-state index contributed by atoms with van der Waals surface area (Å²) in [4.78, 5) is 0. The lowest BCUT2D eigenvalue weighted by atomic mass is 10.1. The largest absolute Gasteiger partial charge is 0.490 e. The first-order valence-corrected chi connectivity index (χ1v) is 6.92. The molecule has 108 valence electrons. The summed E-state index contributed by atoms with van der Waals surface area (Å²) in [5, 5.41) is 12.1. The molecule has 1 aromatic rings. The van der Waals surface area contributed by atoms with E-state index >= 15 is 0 Å². The molecule has 0 unspecified atom stereocenters. The minimum Gasteiger partial charge on any atom is -0.490 e. The molecule has 0 bridgehead atoms. The molecule has 0 aromatic heterocycles. The number of aliphatic hydroxyl groups is 1. The molecular weight excluding hydrogens is 238 g/mol. The molecule has 1 rings (SSSR count). The normalized spacial score (nSPS) is 13.4. The summed E-state index contributed by atoms with van der Waals surface area (Å²) in [6, 6.07) is 4.21. The molecule has 0 heterocycles. The van der Waals surface area contributed by atoms with Crippen LogP contribution in [-0.4, -0.2) is 29.9 Å². The molecule has 0 spiro atoms. The topological polar surface area (TPSA) is 46.1 Å². The summed E-state index contributed by atoms with van der Waals surface area (Å²) in [5.41, 5.74) is 3.63. The molecule has 3 N–H and O–H groups in total. The number of ether oxygens (including phenoxy) is 1. The summed E-state index contributed by atoms with van der Waals surface area (Å²) >= 11 is 0. The predicted octanol–water partition coefficient (Wildman–Crippen LogP) is 1.71. The second-order valence-corrected chi connectivity index (χ2v) is 6.50. The van der Waals surface area contributed by atoms with Gasteiger partial charge in [0, 0.05) is 0 Å². The second kappa shape index (κ2) is 6.40. The van der Waals surface area contributed by atoms with Crippen molar-refractivity contribution in [2.75, 3.05) is 13.2 Å². The Balaban J connectivity index is 2.53. The van der Waals surface area contributed by atoms with E-state index in [0.29, 0.717) is 13.2 Å². The second-order valence-electron chi connectivity index (χ2n) is 6.50. The zero-order valence-electron chi connectivity index (χ0n) is 13.1. The highest BCUT2D eigenvalue weighted by Crippen LogP contribution is 2.24. The van der Waals surface area contributed by atoms with Gasteiger partial charge in [-0.3, -0.25) is 0 Å². The lowest BCUT2D eigenvalue weighted by Gasteiger charge is -2.20. The van der Waals surface area contributed by atoms with Crippen LogP contribution in [0.1, 0.15) is 37.5 Å². The van der Waals surface area contributed by atoms with E-state index in [2.05, 4.69) is 45.1 Å². The van der Waals surface area contributed by atoms with E-state index in [1.807, 2.05) is 13.8 Å². The maximum Gasteiger partial charge on any atom is 0.137 e. The first-order chi connectivity index (χ1) is 8.69. The van der Waals surface area contributed by atoms with E-state index in [1.165, 1.54) is 5.56 Å². The maximum absolute atomic E-state index is 9.95. The van der Waals surface area contributed by atoms with Gasteiger partial charge in [0.25, 0.3) is 0 Å². The third-order valence-electron chi connectivity index (χ3n) is 3.03. The van der Waals surface area contributed by atoms with Crippen LogP contribution in [0.25, 0.3) is 0 Å². The predicted molar refractivity (Wildman–Crippen MR) is 78.7 cm³/mol. The van der Waals surface area contributed by atoms with Gasteiger partial charge in [0.2, 0.25) is 0 Å². The number of hydrogen-bond donors (Lipinski definition) is 2. The smallest absolute Gasteiger partial charge is 0.137 e. The summed E-state index contributed by atoms with van der Waals surface area (Å²) in [6.07, 6.45) is -0.445. The van der Waals surface area contributed by atoms with Gasteiger partial charge in [0.1, 0.15) is 25.0 Å². The minimum atomic E-state index is -0.445. The van der Waals surface area contributed by atoms with Crippen LogP contribution in [0.2, 0.25) is 0 Å². The molecular formula is C16H28NO2+. The van der Waals surface area contributed by atoms with E-state index in [4.69, 9.17) is 4.74 Å². The molecule has 0 fully saturated rings. The SMILES string of the molecule is Cc1cc(C)c(OC[C@@H](O)C[NH2+]C(C)(C)C)c(C)c1. The Bertz CT molecular complexity index is 398. The van der Waals surface area contributed by atoms with Crippen LogP contribution in [-0.2, 0) is 0 Å². The van der Waals surface area contributed by atoms with Gasteiger partial charge >= 0.3 is 0 Å². The molecule has 0 radical (unpaired) electrons. The molecule has 0 amide bonds. The monoisotopic (exact) mass is 266 g/mol. The fourth-order valence-electron chi connectivity index (χ4n) is 2.13. The highest BCUT2D eigenvalue weighted by molar-refractivity contribution is 5.42. The third kappa shape index (κ3) is 5.62. The van der Waals surface area contributed by atoms with Gasteiger partial charge in [-0.15, -0.1) is 0 Å². The summed E-state index contributed by atoms with van der Waals surface area (Å²) < 4.78 is 5.78. The van der Waals surface area contributed by atoms with Crippen molar-refractivity contribution in [1.82, 2.24) is 0 Å². The summed E-state index contributed by atoms with van der Waals surface area (Å²) in [5.74, 6) is 0.903. The van der Waals surface area contributed by atoms with E-state index in [0.717, 1.165) is 16.9 Å². The zero-order valence-corrected chi connectivity index (χ0v) is 13.1. The Kier molecular flexibility index (Phi) is 5.39. The average molecular weight is 266 g/mol. The maximum atomic E-state index is 9.95. The lowest BCUT2D eigenvalue weighted by molar-refractivity contribution is -0.722. The van der Waals surface area contributed by atoms with Gasteiger partial charge in [-0.1, -0.05) is 17.7 Å². The van der Waals surface area contributed by atoms with Gasteiger partial charge in [-0.2, -0.15) is 0 Å². The van der Waals surface area contributed by atoms with Crippen molar-refractivity contribution in [2.45, 2.75) is 53.2 Å². The first-order valence-electron chi connectivity index (χ1n) is 6.92. The summed E-state index contributed by atoms with van der Waals surface area (Å²) in [6.45, 7) is 13.6. The van der Waals surface area contributed by atoms with Crippen LogP contribution < -0.4 is 10.1 Å². The summed E-state index contributed by atoms with van der Waals surface area (Å²) in [7, 11) is 0. The van der Waals surface area contributed by atoms with E-state index < -0.39 is 6.10 Å². The Morgan fingerprint density at radius 1 is 1.16 bits per heavy atom. The highest BCUT2D eigenvalue weighted by atomic mass is 16.5. The lowest BCUT2D eigenvalue weighted by Crippen LogP contribution is -2.96. The number of aliphatic hydroxyl groups excluding tert-OH is 1. The van der Waals surface area contributed by atoms with Crippen LogP contribution in [0.3, 0.4) is 0 Å². The zero-order chi connectivity index (χ0) is 14.6. The Hall–Kier alpha value is -1.06. The third-order valence-corrected chi connectivity index (χ3v) is 3.03. The molecule has 0 saturated heterocycles. The number of nitrogens with two attached hydrogens (primary N) is 1. The molecule has 0 aliphatic rings. The van der Waals surface area contributed by atoms with Gasteiger partial charge in [0.05, 0.1) is 5.54 Å². The number of quaternary nitrogens is 1. The van der Waals surface area contributed by atoms with Gasteiger partial charge in [0.15, 0.2) is 0 Å². The number of hydrogen-bond acceptors (Lipinski definition) is 2. The van der Waals surface area contributed by atoms with Gasteiger partial charge in [-0.05, 0) is 52.7 Å². The van der Waals surface area contributed by atoms with E-state index in [-0.39, 0.29) is 5.54 Å². The van der Waals surface area contributed by atoms with Crippen LogP contribution in [0, 0.1) is 20.8 Å². The minimum absolute atomic E-state index is 0.136. The number of rotatable bonds is 5. The van der Waals surface area contributed by atoms with E-state index in [9.17, 15) is 5.11 Å². The average Bonchev–Trinajstić information content (AvgIpc) is 2.23. The Labute approximate surface area is 117 Å². The highest BCUT2D eigenvalue weighted by Gasteiger charge is 2.17. The molecule has 0 aliphatic heterocycles. The van der Waals surface area contributed by atoms with Gasteiger partial charge in [-0.25, -0.2) is 0 Å². The fraction of sp³-hybridized carbons (Fsp3) is 0.625. The molecule has 1 atom stereocenters. The van der Waals surface area contributed by atoms with Gasteiger partial charge < -0.3 is 15.2 Å². The Morgan fingerprint density at radius 2 is 1.68 bits per heavy atom. The first kappa shape index (κ1) is 16.0. The fourth-order valence-corrected chi connectivity index (χ4v) is 2.13. The van der Waals surface area contributed by atoms with Crippen molar-refractivity contribution in [1.29, 1.82) is 0 Å². The van der Waals surface area contributed by atoms with Crippen molar-refractivity contribution in [3.8, 4) is 5.75 Å². The van der Waals surface area contributed by atoms with Crippen molar-refractivity contribution in [3.63, 3.8) is 0 Å². The van der Waals surface area contributed by atoms with E-state index in [1.54, 1.807) is 0 Å². The molecule has 19 heavy (non-hydrogen) atoms. The quantitative estimate of drug-likeness (QED) is 0.852. The molecule has 3 nitrogen and oxygen atoms in total. The molecule has 0 aliphatic carbocycles. The van der Waals surface area contributed by atoms with Crippen LogP contribution in [0.15, 0.2) is 12.1 Å². The Morgan fingerprint density at radius 3 is 2.16 bits per heavy atom. The van der Waals surface area contributed by atoms with Crippen molar-refractivity contribution < 1.29 is 15.2 Å². The molecule has 1 aromatic carbocycles. The molecule has 0 saturated carbocycles. The van der Waals surface area contributed by atoms with Crippen LogP contribution in [0.4, 0.5) is 0 Å². The standard InChI is InChI=1S/C16H27NO2/c1-11-7-12(2)15(13(3)8-11)19-10-14(18)9-17-16(4,5)6/h7-8,14,17-18H,9-10H2,1-6H3/p+1/t14-/m0/s1. The van der Waals surface area contributed by atoms with Crippen LogP contribution in [0.5, 0.6) is 5.75 Å². The van der Waals surface area contributed by atoms with Crippen molar-refractivity contribution in [3.05, 3.63) is 28.8 Å². The molecule has 3 heteroatoms. The number of aryl methyl sites for hydroxylation is 3. The number of benzene rings is 1. The van der Waals surface area contributed by atoms with Crippen LogP contribution >= 0.6 is 0 Å². The van der Waals surface area contributed by atoms with Crippen molar-refractivity contribution >= 4 is 0 Å². The van der Waals surface area contributed by atoms with Crippen molar-refractivity contribution in [2.24, 2.45) is 0 Å².